The number of rotatable bonds is 6. The Kier molecular flexibility index (Phi) is 5.66. The van der Waals surface area contributed by atoms with Gasteiger partial charge in [0.15, 0.2) is 0 Å². The van der Waals surface area contributed by atoms with Crippen LogP contribution >= 0.6 is 11.6 Å². The number of hydrogen-bond acceptors (Lipinski definition) is 4. The van der Waals surface area contributed by atoms with Gasteiger partial charge in [0.1, 0.15) is 0 Å². The molecule has 1 amide bonds. The first-order valence-corrected chi connectivity index (χ1v) is 6.88. The Labute approximate surface area is 128 Å². The summed E-state index contributed by atoms with van der Waals surface area (Å²) in [6, 6.07) is 7.22. The molecule has 110 valence electrons. The first kappa shape index (κ1) is 15.4. The zero-order chi connectivity index (χ0) is 15.1. The highest BCUT2D eigenvalue weighted by molar-refractivity contribution is 6.33. The molecule has 0 aliphatic carbocycles. The predicted molar refractivity (Wildman–Crippen MR) is 80.1 cm³/mol. The van der Waals surface area contributed by atoms with E-state index >= 15 is 0 Å². The minimum atomic E-state index is -0.162. The summed E-state index contributed by atoms with van der Waals surface area (Å²) < 4.78 is 5.07. The third-order valence-electron chi connectivity index (χ3n) is 2.93. The van der Waals surface area contributed by atoms with Crippen molar-refractivity contribution < 1.29 is 9.53 Å². The summed E-state index contributed by atoms with van der Waals surface area (Å²) >= 11 is 6.04. The monoisotopic (exact) mass is 305 g/mol. The van der Waals surface area contributed by atoms with Crippen molar-refractivity contribution >= 4 is 17.5 Å². The first-order valence-electron chi connectivity index (χ1n) is 6.50. The van der Waals surface area contributed by atoms with E-state index in [0.717, 1.165) is 5.69 Å². The summed E-state index contributed by atoms with van der Waals surface area (Å²) in [4.78, 5) is 22.4. The largest absolute Gasteiger partial charge is 0.383 e. The van der Waals surface area contributed by atoms with Gasteiger partial charge >= 0.3 is 0 Å². The van der Waals surface area contributed by atoms with E-state index in [4.69, 9.17) is 16.3 Å². The third-order valence-corrected chi connectivity index (χ3v) is 3.24. The Hall–Kier alpha value is -1.98. The molecule has 0 atom stereocenters. The molecule has 0 unspecified atom stereocenters. The molecule has 21 heavy (non-hydrogen) atoms. The molecule has 2 aromatic heterocycles. The van der Waals surface area contributed by atoms with Gasteiger partial charge in [-0.15, -0.1) is 0 Å². The highest BCUT2D eigenvalue weighted by Gasteiger charge is 2.18. The summed E-state index contributed by atoms with van der Waals surface area (Å²) in [5.41, 5.74) is 1.24. The van der Waals surface area contributed by atoms with Gasteiger partial charge in [0.2, 0.25) is 0 Å². The smallest absolute Gasteiger partial charge is 0.255 e. The Morgan fingerprint density at radius 1 is 1.33 bits per heavy atom. The van der Waals surface area contributed by atoms with Gasteiger partial charge in [-0.05, 0) is 18.2 Å². The SMILES string of the molecule is COCCN(Cc1ccccn1)C(=O)c1ccncc1Cl. The number of ether oxygens (including phenoxy) is 1. The Balaban J connectivity index is 2.19. The van der Waals surface area contributed by atoms with Crippen LogP contribution in [0.5, 0.6) is 0 Å². The van der Waals surface area contributed by atoms with E-state index in [1.54, 1.807) is 30.5 Å². The maximum Gasteiger partial charge on any atom is 0.255 e. The van der Waals surface area contributed by atoms with Gasteiger partial charge < -0.3 is 9.64 Å². The molecule has 0 aliphatic heterocycles. The lowest BCUT2D eigenvalue weighted by atomic mass is 10.2. The quantitative estimate of drug-likeness (QED) is 0.822. The molecular formula is C15H16ClN3O2. The van der Waals surface area contributed by atoms with E-state index < -0.39 is 0 Å². The number of halogens is 1. The Morgan fingerprint density at radius 2 is 2.19 bits per heavy atom. The molecule has 0 bridgehead atoms. The second-order valence-corrected chi connectivity index (χ2v) is 4.80. The highest BCUT2D eigenvalue weighted by atomic mass is 35.5. The lowest BCUT2D eigenvalue weighted by Gasteiger charge is -2.22. The van der Waals surface area contributed by atoms with Gasteiger partial charge in [0, 0.05) is 32.2 Å². The average molecular weight is 306 g/mol. The van der Waals surface area contributed by atoms with Crippen molar-refractivity contribution in [2.24, 2.45) is 0 Å². The minimum Gasteiger partial charge on any atom is -0.383 e. The van der Waals surface area contributed by atoms with Crippen LogP contribution in [0.25, 0.3) is 0 Å². The molecule has 2 rings (SSSR count). The molecule has 0 saturated heterocycles. The van der Waals surface area contributed by atoms with Crippen LogP contribution in [0.15, 0.2) is 42.9 Å². The lowest BCUT2D eigenvalue weighted by Crippen LogP contribution is -2.34. The summed E-state index contributed by atoms with van der Waals surface area (Å²) in [6.07, 6.45) is 4.71. The molecule has 0 saturated carbocycles. The van der Waals surface area contributed by atoms with Gasteiger partial charge in [-0.1, -0.05) is 17.7 Å². The van der Waals surface area contributed by atoms with Crippen molar-refractivity contribution in [3.05, 3.63) is 59.1 Å². The molecule has 6 heteroatoms. The van der Waals surface area contributed by atoms with Gasteiger partial charge in [0.25, 0.3) is 5.91 Å². The Morgan fingerprint density at radius 3 is 2.86 bits per heavy atom. The highest BCUT2D eigenvalue weighted by Crippen LogP contribution is 2.17. The van der Waals surface area contributed by atoms with Crippen LogP contribution in [0, 0.1) is 0 Å². The zero-order valence-electron chi connectivity index (χ0n) is 11.7. The normalized spacial score (nSPS) is 10.4. The summed E-state index contributed by atoms with van der Waals surface area (Å²) in [6.45, 7) is 1.31. The van der Waals surface area contributed by atoms with Crippen molar-refractivity contribution in [3.8, 4) is 0 Å². The van der Waals surface area contributed by atoms with E-state index in [1.165, 1.54) is 6.20 Å². The lowest BCUT2D eigenvalue weighted by molar-refractivity contribution is 0.0678. The van der Waals surface area contributed by atoms with Crippen molar-refractivity contribution in [2.45, 2.75) is 6.54 Å². The Bertz CT molecular complexity index is 592. The van der Waals surface area contributed by atoms with E-state index in [-0.39, 0.29) is 5.91 Å². The van der Waals surface area contributed by atoms with Crippen molar-refractivity contribution in [1.82, 2.24) is 14.9 Å². The number of carbonyl (C=O) groups excluding carboxylic acids is 1. The van der Waals surface area contributed by atoms with Crippen LogP contribution in [0.3, 0.4) is 0 Å². The fourth-order valence-electron chi connectivity index (χ4n) is 1.86. The third kappa shape index (κ3) is 4.24. The van der Waals surface area contributed by atoms with Gasteiger partial charge in [0.05, 0.1) is 29.4 Å². The average Bonchev–Trinajstić information content (AvgIpc) is 2.52. The zero-order valence-corrected chi connectivity index (χ0v) is 12.5. The molecule has 0 aliphatic rings. The molecule has 0 radical (unpaired) electrons. The first-order chi connectivity index (χ1) is 10.2. The van der Waals surface area contributed by atoms with Gasteiger partial charge in [-0.2, -0.15) is 0 Å². The molecule has 0 aromatic carbocycles. The summed E-state index contributed by atoms with van der Waals surface area (Å²) in [7, 11) is 1.60. The summed E-state index contributed by atoms with van der Waals surface area (Å²) in [5.74, 6) is -0.162. The molecule has 0 spiro atoms. The van der Waals surface area contributed by atoms with Gasteiger partial charge in [-0.3, -0.25) is 14.8 Å². The minimum absolute atomic E-state index is 0.162. The van der Waals surface area contributed by atoms with E-state index in [2.05, 4.69) is 9.97 Å². The topological polar surface area (TPSA) is 55.3 Å². The molecule has 2 aromatic rings. The van der Waals surface area contributed by atoms with E-state index in [1.807, 2.05) is 18.2 Å². The van der Waals surface area contributed by atoms with E-state index in [9.17, 15) is 4.79 Å². The maximum atomic E-state index is 12.6. The van der Waals surface area contributed by atoms with Crippen LogP contribution in [-0.2, 0) is 11.3 Å². The number of aromatic nitrogens is 2. The van der Waals surface area contributed by atoms with E-state index in [0.29, 0.717) is 30.3 Å². The molecule has 2 heterocycles. The van der Waals surface area contributed by atoms with Gasteiger partial charge in [-0.25, -0.2) is 0 Å². The van der Waals surface area contributed by atoms with Crippen LogP contribution in [0.2, 0.25) is 5.02 Å². The number of pyridine rings is 2. The number of methoxy groups -OCH3 is 1. The fraction of sp³-hybridized carbons (Fsp3) is 0.267. The van der Waals surface area contributed by atoms with Crippen LogP contribution in [-0.4, -0.2) is 41.0 Å². The van der Waals surface area contributed by atoms with Crippen molar-refractivity contribution in [1.29, 1.82) is 0 Å². The van der Waals surface area contributed by atoms with Crippen molar-refractivity contribution in [2.75, 3.05) is 20.3 Å². The number of carbonyl (C=O) groups is 1. The van der Waals surface area contributed by atoms with Crippen LogP contribution in [0.1, 0.15) is 16.1 Å². The summed E-state index contributed by atoms with van der Waals surface area (Å²) in [5, 5.41) is 0.339. The van der Waals surface area contributed by atoms with Crippen LogP contribution in [0.4, 0.5) is 0 Å². The number of amides is 1. The van der Waals surface area contributed by atoms with Crippen molar-refractivity contribution in [3.63, 3.8) is 0 Å². The number of nitrogens with zero attached hydrogens (tertiary/aromatic N) is 3. The molecule has 0 fully saturated rings. The molecule has 0 N–H and O–H groups in total. The molecule has 5 nitrogen and oxygen atoms in total. The second-order valence-electron chi connectivity index (χ2n) is 4.40. The second kappa shape index (κ2) is 7.71. The molecular weight excluding hydrogens is 290 g/mol. The van der Waals surface area contributed by atoms with Crippen LogP contribution < -0.4 is 0 Å². The fourth-order valence-corrected chi connectivity index (χ4v) is 2.06. The maximum absolute atomic E-state index is 12.6. The standard InChI is InChI=1S/C15H16ClN3O2/c1-21-9-8-19(11-12-4-2-3-6-18-12)15(20)13-5-7-17-10-14(13)16/h2-7,10H,8-9,11H2,1H3. The predicted octanol–water partition coefficient (Wildman–Crippen LogP) is 2.42. The number of hydrogen-bond donors (Lipinski definition) is 0.